The number of hydrogen-bond donors (Lipinski definition) is 1. The molecule has 1 atom stereocenters. The van der Waals surface area contributed by atoms with Crippen LogP contribution in [0.2, 0.25) is 0 Å². The third-order valence-electron chi connectivity index (χ3n) is 3.49. The van der Waals surface area contributed by atoms with E-state index < -0.39 is 0 Å². The van der Waals surface area contributed by atoms with E-state index in [1.54, 1.807) is 12.1 Å². The second-order valence-electron chi connectivity index (χ2n) is 5.61. The molecule has 1 aliphatic rings. The van der Waals surface area contributed by atoms with Crippen LogP contribution in [-0.2, 0) is 6.54 Å². The molecule has 2 nitrogen and oxygen atoms in total. The Bertz CT molecular complexity index is 404. The van der Waals surface area contributed by atoms with Crippen LogP contribution in [0.15, 0.2) is 18.2 Å². The molecule has 0 radical (unpaired) electrons. The van der Waals surface area contributed by atoms with Gasteiger partial charge in [-0.2, -0.15) is 0 Å². The fourth-order valence-corrected chi connectivity index (χ4v) is 2.18. The monoisotopic (exact) mass is 265 g/mol. The largest absolute Gasteiger partial charge is 0.493 e. The summed E-state index contributed by atoms with van der Waals surface area (Å²) in [6.07, 6.45) is 4.80. The molecule has 1 aliphatic carbocycles. The fourth-order valence-electron chi connectivity index (χ4n) is 2.18. The molecule has 106 valence electrons. The molecule has 1 N–H and O–H groups in total. The maximum atomic E-state index is 13.3. The maximum absolute atomic E-state index is 13.3. The van der Waals surface area contributed by atoms with Crippen molar-refractivity contribution in [2.24, 2.45) is 5.92 Å². The molecule has 2 rings (SSSR count). The van der Waals surface area contributed by atoms with Gasteiger partial charge in [-0.3, -0.25) is 0 Å². The van der Waals surface area contributed by atoms with Crippen molar-refractivity contribution >= 4 is 0 Å². The minimum Gasteiger partial charge on any atom is -0.493 e. The molecule has 0 aliphatic heterocycles. The highest BCUT2D eigenvalue weighted by Crippen LogP contribution is 2.24. The summed E-state index contributed by atoms with van der Waals surface area (Å²) in [4.78, 5) is 0. The van der Waals surface area contributed by atoms with Gasteiger partial charge in [-0.1, -0.05) is 20.3 Å². The van der Waals surface area contributed by atoms with Gasteiger partial charge in [0.1, 0.15) is 11.6 Å². The predicted octanol–water partition coefficient (Wildman–Crippen LogP) is 3.89. The summed E-state index contributed by atoms with van der Waals surface area (Å²) in [5, 5.41) is 3.41. The second-order valence-corrected chi connectivity index (χ2v) is 5.61. The third kappa shape index (κ3) is 4.83. The number of halogens is 1. The lowest BCUT2D eigenvalue weighted by Crippen LogP contribution is -2.17. The van der Waals surface area contributed by atoms with E-state index in [1.807, 2.05) is 0 Å². The molecule has 1 unspecified atom stereocenters. The average molecular weight is 265 g/mol. The Morgan fingerprint density at radius 1 is 1.42 bits per heavy atom. The van der Waals surface area contributed by atoms with Crippen molar-refractivity contribution in [3.05, 3.63) is 29.6 Å². The molecule has 3 heteroatoms. The highest BCUT2D eigenvalue weighted by atomic mass is 19.1. The fraction of sp³-hybridized carbons (Fsp3) is 0.625. The molecular weight excluding hydrogens is 241 g/mol. The van der Waals surface area contributed by atoms with Crippen molar-refractivity contribution in [3.63, 3.8) is 0 Å². The quantitative estimate of drug-likeness (QED) is 0.770. The molecular formula is C16H24FNO. The SMILES string of the molecule is CCCC(C)COc1ccc(F)cc1CNC1CC1. The summed E-state index contributed by atoms with van der Waals surface area (Å²) in [5.41, 5.74) is 0.926. The first-order valence-corrected chi connectivity index (χ1v) is 7.33. The zero-order valence-electron chi connectivity index (χ0n) is 11.9. The van der Waals surface area contributed by atoms with Gasteiger partial charge in [-0.05, 0) is 43.4 Å². The van der Waals surface area contributed by atoms with E-state index in [9.17, 15) is 4.39 Å². The highest BCUT2D eigenvalue weighted by Gasteiger charge is 2.20. The van der Waals surface area contributed by atoms with Crippen LogP contribution in [0.5, 0.6) is 5.75 Å². The number of nitrogens with one attached hydrogen (secondary N) is 1. The summed E-state index contributed by atoms with van der Waals surface area (Å²) < 4.78 is 19.2. The summed E-state index contributed by atoms with van der Waals surface area (Å²) in [5.74, 6) is 1.17. The van der Waals surface area contributed by atoms with Crippen molar-refractivity contribution in [1.29, 1.82) is 0 Å². The Morgan fingerprint density at radius 3 is 2.89 bits per heavy atom. The smallest absolute Gasteiger partial charge is 0.123 e. The highest BCUT2D eigenvalue weighted by molar-refractivity contribution is 5.34. The van der Waals surface area contributed by atoms with Gasteiger partial charge >= 0.3 is 0 Å². The van der Waals surface area contributed by atoms with E-state index in [0.717, 1.165) is 17.7 Å². The van der Waals surface area contributed by atoms with Gasteiger partial charge in [0.15, 0.2) is 0 Å². The summed E-state index contributed by atoms with van der Waals surface area (Å²) in [6, 6.07) is 5.42. The van der Waals surface area contributed by atoms with Crippen LogP contribution in [0.3, 0.4) is 0 Å². The minimum absolute atomic E-state index is 0.193. The molecule has 0 amide bonds. The van der Waals surface area contributed by atoms with E-state index in [0.29, 0.717) is 25.1 Å². The van der Waals surface area contributed by atoms with E-state index in [2.05, 4.69) is 19.2 Å². The minimum atomic E-state index is -0.193. The van der Waals surface area contributed by atoms with Crippen molar-refractivity contribution in [1.82, 2.24) is 5.32 Å². The zero-order valence-corrected chi connectivity index (χ0v) is 11.9. The molecule has 1 aromatic rings. The van der Waals surface area contributed by atoms with Crippen molar-refractivity contribution in [2.75, 3.05) is 6.61 Å². The zero-order chi connectivity index (χ0) is 13.7. The summed E-state index contributed by atoms with van der Waals surface area (Å²) >= 11 is 0. The second kappa shape index (κ2) is 6.90. The standard InChI is InChI=1S/C16H24FNO/c1-3-4-12(2)11-19-16-8-5-14(17)9-13(16)10-18-15-6-7-15/h5,8-9,12,15,18H,3-4,6-7,10-11H2,1-2H3. The van der Waals surface area contributed by atoms with Gasteiger partial charge in [0.05, 0.1) is 6.61 Å². The Labute approximate surface area is 115 Å². The van der Waals surface area contributed by atoms with E-state index in [1.165, 1.54) is 25.3 Å². The van der Waals surface area contributed by atoms with E-state index in [-0.39, 0.29) is 5.82 Å². The van der Waals surface area contributed by atoms with Crippen molar-refractivity contribution in [3.8, 4) is 5.75 Å². The Balaban J connectivity index is 1.92. The predicted molar refractivity (Wildman–Crippen MR) is 75.8 cm³/mol. The topological polar surface area (TPSA) is 21.3 Å². The molecule has 0 saturated heterocycles. The van der Waals surface area contributed by atoms with Crippen LogP contribution in [0, 0.1) is 11.7 Å². The van der Waals surface area contributed by atoms with Gasteiger partial charge in [0, 0.05) is 18.2 Å². The van der Waals surface area contributed by atoms with Crippen molar-refractivity contribution < 1.29 is 9.13 Å². The van der Waals surface area contributed by atoms with Gasteiger partial charge in [-0.15, -0.1) is 0 Å². The van der Waals surface area contributed by atoms with Gasteiger partial charge in [0.25, 0.3) is 0 Å². The third-order valence-corrected chi connectivity index (χ3v) is 3.49. The molecule has 19 heavy (non-hydrogen) atoms. The Hall–Kier alpha value is -1.09. The van der Waals surface area contributed by atoms with Crippen LogP contribution >= 0.6 is 0 Å². The summed E-state index contributed by atoms with van der Waals surface area (Å²) in [6.45, 7) is 5.77. The van der Waals surface area contributed by atoms with Crippen LogP contribution in [-0.4, -0.2) is 12.6 Å². The average Bonchev–Trinajstić information content (AvgIpc) is 3.19. The first kappa shape index (κ1) is 14.3. The first-order valence-electron chi connectivity index (χ1n) is 7.33. The van der Waals surface area contributed by atoms with Gasteiger partial charge in [0.2, 0.25) is 0 Å². The number of benzene rings is 1. The molecule has 1 aromatic carbocycles. The molecule has 1 fully saturated rings. The summed E-state index contributed by atoms with van der Waals surface area (Å²) in [7, 11) is 0. The van der Waals surface area contributed by atoms with Crippen LogP contribution in [0.25, 0.3) is 0 Å². The molecule has 0 spiro atoms. The Morgan fingerprint density at radius 2 is 2.21 bits per heavy atom. The molecule has 0 heterocycles. The molecule has 0 aromatic heterocycles. The number of hydrogen-bond acceptors (Lipinski definition) is 2. The van der Waals surface area contributed by atoms with Crippen LogP contribution in [0.4, 0.5) is 4.39 Å². The lowest BCUT2D eigenvalue weighted by atomic mass is 10.1. The number of rotatable bonds is 8. The molecule has 0 bridgehead atoms. The number of ether oxygens (including phenoxy) is 1. The maximum Gasteiger partial charge on any atom is 0.123 e. The molecule has 1 saturated carbocycles. The first-order chi connectivity index (χ1) is 9.19. The Kier molecular flexibility index (Phi) is 5.20. The van der Waals surface area contributed by atoms with E-state index >= 15 is 0 Å². The van der Waals surface area contributed by atoms with Gasteiger partial charge in [-0.25, -0.2) is 4.39 Å². The van der Waals surface area contributed by atoms with Gasteiger partial charge < -0.3 is 10.1 Å². The van der Waals surface area contributed by atoms with Crippen LogP contribution < -0.4 is 10.1 Å². The van der Waals surface area contributed by atoms with Crippen LogP contribution in [0.1, 0.15) is 45.1 Å². The lowest BCUT2D eigenvalue weighted by molar-refractivity contribution is 0.248. The normalized spacial score (nSPS) is 16.4. The van der Waals surface area contributed by atoms with Crippen molar-refractivity contribution in [2.45, 2.75) is 52.1 Å². The van der Waals surface area contributed by atoms with E-state index in [4.69, 9.17) is 4.74 Å². The lowest BCUT2D eigenvalue weighted by Gasteiger charge is -2.15.